The zero-order valence-electron chi connectivity index (χ0n) is 16.8. The van der Waals surface area contributed by atoms with Crippen LogP contribution >= 0.6 is 0 Å². The maximum Gasteiger partial charge on any atom is 0.104 e. The summed E-state index contributed by atoms with van der Waals surface area (Å²) in [5, 5.41) is 0. The quantitative estimate of drug-likeness (QED) is 0.613. The van der Waals surface area contributed by atoms with E-state index in [2.05, 4.69) is 101 Å². The summed E-state index contributed by atoms with van der Waals surface area (Å²) in [6.07, 6.45) is 17.9. The van der Waals surface area contributed by atoms with Crippen molar-refractivity contribution in [1.29, 1.82) is 0 Å². The predicted octanol–water partition coefficient (Wildman–Crippen LogP) is 4.32. The molecule has 0 radical (unpaired) electrons. The number of allylic oxidation sites excluding steroid dienone is 4. The Morgan fingerprint density at radius 2 is 0.885 bits per heavy atom. The van der Waals surface area contributed by atoms with Gasteiger partial charge in [0.2, 0.25) is 0 Å². The normalized spacial score (nSPS) is 17.7. The van der Waals surface area contributed by atoms with Crippen LogP contribution in [0.2, 0.25) is 0 Å². The van der Waals surface area contributed by atoms with E-state index in [1.54, 1.807) is 0 Å². The van der Waals surface area contributed by atoms with Crippen LogP contribution in [-0.2, 0) is 13.1 Å². The topological polar surface area (TPSA) is 0 Å². The second-order valence-electron chi connectivity index (χ2n) is 9.24. The Bertz CT molecular complexity index is 630. The van der Waals surface area contributed by atoms with Crippen LogP contribution in [0.3, 0.4) is 0 Å². The van der Waals surface area contributed by atoms with Crippen LogP contribution < -0.4 is 0 Å². The molecule has 1 aromatic rings. The first-order chi connectivity index (χ1) is 12.3. The fourth-order valence-corrected chi connectivity index (χ4v) is 4.21. The zero-order valence-corrected chi connectivity index (χ0v) is 16.8. The minimum atomic E-state index is 0.584. The van der Waals surface area contributed by atoms with E-state index in [1.165, 1.54) is 11.1 Å². The minimum Gasteiger partial charge on any atom is -0.324 e. The molecule has 0 bridgehead atoms. The van der Waals surface area contributed by atoms with Crippen molar-refractivity contribution in [3.63, 3.8) is 0 Å². The Kier molecular flexibility index (Phi) is 5.64. The van der Waals surface area contributed by atoms with E-state index in [0.29, 0.717) is 11.8 Å². The van der Waals surface area contributed by atoms with Gasteiger partial charge in [0.05, 0.1) is 41.3 Å². The summed E-state index contributed by atoms with van der Waals surface area (Å²) in [5.74, 6) is 1.17. The van der Waals surface area contributed by atoms with Crippen LogP contribution in [-0.4, -0.2) is 50.2 Å². The number of benzene rings is 1. The molecule has 0 saturated heterocycles. The highest BCUT2D eigenvalue weighted by molar-refractivity contribution is 5.22. The van der Waals surface area contributed by atoms with Gasteiger partial charge in [0.15, 0.2) is 0 Å². The molecule has 0 spiro atoms. The summed E-state index contributed by atoms with van der Waals surface area (Å²) in [5.41, 5.74) is 2.85. The van der Waals surface area contributed by atoms with Crippen molar-refractivity contribution >= 4 is 0 Å². The Morgan fingerprint density at radius 3 is 1.19 bits per heavy atom. The third-order valence-corrected chi connectivity index (χ3v) is 5.31. The first-order valence-corrected chi connectivity index (χ1v) is 9.73. The van der Waals surface area contributed by atoms with E-state index in [-0.39, 0.29) is 0 Å². The maximum absolute atomic E-state index is 2.33. The molecule has 2 heteroatoms. The summed E-state index contributed by atoms with van der Waals surface area (Å²) >= 11 is 0. The Labute approximate surface area is 159 Å². The highest BCUT2D eigenvalue weighted by atomic mass is 15.3. The minimum absolute atomic E-state index is 0.584. The smallest absolute Gasteiger partial charge is 0.104 e. The van der Waals surface area contributed by atoms with Gasteiger partial charge in [-0.05, 0) is 0 Å². The van der Waals surface area contributed by atoms with Crippen molar-refractivity contribution in [2.75, 3.05) is 41.3 Å². The van der Waals surface area contributed by atoms with E-state index < -0.39 is 0 Å². The molecule has 0 saturated carbocycles. The third-order valence-electron chi connectivity index (χ3n) is 5.31. The van der Waals surface area contributed by atoms with Crippen LogP contribution in [0.1, 0.15) is 11.1 Å². The first-order valence-electron chi connectivity index (χ1n) is 9.73. The second-order valence-corrected chi connectivity index (χ2v) is 9.24. The zero-order chi connectivity index (χ0) is 18.6. The number of quaternary nitrogens is 2. The van der Waals surface area contributed by atoms with Crippen molar-refractivity contribution in [1.82, 2.24) is 0 Å². The molecular formula is C24H34N2+2. The van der Waals surface area contributed by atoms with Crippen LogP contribution in [0, 0.1) is 11.8 Å². The molecule has 26 heavy (non-hydrogen) atoms. The number of rotatable bonds is 8. The Morgan fingerprint density at radius 1 is 0.577 bits per heavy atom. The van der Waals surface area contributed by atoms with Gasteiger partial charge in [0.25, 0.3) is 0 Å². The van der Waals surface area contributed by atoms with E-state index >= 15 is 0 Å². The molecule has 138 valence electrons. The molecule has 1 aromatic carbocycles. The third kappa shape index (κ3) is 5.55. The number of hydrogen-bond acceptors (Lipinski definition) is 0. The Hall–Kier alpha value is -1.90. The summed E-state index contributed by atoms with van der Waals surface area (Å²) in [6.45, 7) is 4.46. The van der Waals surface area contributed by atoms with Crippen LogP contribution in [0.15, 0.2) is 72.9 Å². The SMILES string of the molecule is C[N+](C)(Cc1ccc(C[N+](C)(C)CC2C=CC=C2)cc1)CC1C=CC=C1. The van der Waals surface area contributed by atoms with Crippen molar-refractivity contribution in [2.45, 2.75) is 13.1 Å². The maximum atomic E-state index is 2.33. The summed E-state index contributed by atoms with van der Waals surface area (Å²) in [4.78, 5) is 0. The summed E-state index contributed by atoms with van der Waals surface area (Å²) in [7, 11) is 9.32. The van der Waals surface area contributed by atoms with Gasteiger partial charge in [0, 0.05) is 23.0 Å². The first kappa shape index (κ1) is 18.9. The summed E-state index contributed by atoms with van der Waals surface area (Å²) < 4.78 is 2.03. The van der Waals surface area contributed by atoms with E-state index in [0.717, 1.165) is 35.1 Å². The highest BCUT2D eigenvalue weighted by Crippen LogP contribution is 2.20. The molecule has 2 aliphatic carbocycles. The lowest BCUT2D eigenvalue weighted by Crippen LogP contribution is -2.42. The van der Waals surface area contributed by atoms with E-state index in [9.17, 15) is 0 Å². The molecule has 0 aliphatic heterocycles. The molecule has 0 unspecified atom stereocenters. The van der Waals surface area contributed by atoms with E-state index in [1.807, 2.05) is 0 Å². The van der Waals surface area contributed by atoms with Crippen molar-refractivity contribution in [3.05, 3.63) is 84.0 Å². The molecule has 0 aromatic heterocycles. The molecule has 0 amide bonds. The van der Waals surface area contributed by atoms with Gasteiger partial charge < -0.3 is 8.97 Å². The lowest BCUT2D eigenvalue weighted by atomic mass is 10.1. The van der Waals surface area contributed by atoms with Gasteiger partial charge >= 0.3 is 0 Å². The van der Waals surface area contributed by atoms with Gasteiger partial charge in [-0.3, -0.25) is 0 Å². The molecule has 3 rings (SSSR count). The lowest BCUT2D eigenvalue weighted by molar-refractivity contribution is -0.905. The molecule has 0 atom stereocenters. The van der Waals surface area contributed by atoms with Gasteiger partial charge in [-0.2, -0.15) is 0 Å². The second kappa shape index (κ2) is 7.77. The molecule has 0 N–H and O–H groups in total. The van der Waals surface area contributed by atoms with Crippen LogP contribution in [0.25, 0.3) is 0 Å². The van der Waals surface area contributed by atoms with Gasteiger partial charge in [0.1, 0.15) is 13.1 Å². The molecule has 2 aliphatic rings. The van der Waals surface area contributed by atoms with Gasteiger partial charge in [-0.15, -0.1) is 0 Å². The lowest BCUT2D eigenvalue weighted by Gasteiger charge is -2.32. The van der Waals surface area contributed by atoms with Crippen molar-refractivity contribution < 1.29 is 8.97 Å². The monoisotopic (exact) mass is 350 g/mol. The predicted molar refractivity (Wildman–Crippen MR) is 111 cm³/mol. The standard InChI is InChI=1S/C24H34N2/c1-25(2,17-21-9-5-6-10-21)19-23-13-15-24(16-14-23)20-26(3,4)18-22-11-7-8-12-22/h5-16,21-22H,17-20H2,1-4H3/q+2. The van der Waals surface area contributed by atoms with Gasteiger partial charge in [-0.25, -0.2) is 0 Å². The fourth-order valence-electron chi connectivity index (χ4n) is 4.21. The largest absolute Gasteiger partial charge is 0.324 e. The molecule has 2 nitrogen and oxygen atoms in total. The van der Waals surface area contributed by atoms with Crippen LogP contribution in [0.5, 0.6) is 0 Å². The average Bonchev–Trinajstić information content (AvgIpc) is 3.22. The van der Waals surface area contributed by atoms with Crippen LogP contribution in [0.4, 0.5) is 0 Å². The fraction of sp³-hybridized carbons (Fsp3) is 0.417. The summed E-state index contributed by atoms with van der Waals surface area (Å²) in [6, 6.07) is 9.30. The molecule has 0 fully saturated rings. The van der Waals surface area contributed by atoms with Crippen molar-refractivity contribution in [3.8, 4) is 0 Å². The van der Waals surface area contributed by atoms with Crippen molar-refractivity contribution in [2.24, 2.45) is 11.8 Å². The molecule has 0 heterocycles. The highest BCUT2D eigenvalue weighted by Gasteiger charge is 2.22. The molecular weight excluding hydrogens is 316 g/mol. The number of hydrogen-bond donors (Lipinski definition) is 0. The Balaban J connectivity index is 1.55. The number of nitrogens with zero attached hydrogens (tertiary/aromatic N) is 2. The average molecular weight is 351 g/mol. The van der Waals surface area contributed by atoms with Gasteiger partial charge in [-0.1, -0.05) is 72.9 Å². The van der Waals surface area contributed by atoms with E-state index in [4.69, 9.17) is 0 Å².